The fraction of sp³-hybridized carbons (Fsp3) is 0.371. The summed E-state index contributed by atoms with van der Waals surface area (Å²) in [6, 6.07) is 12.8. The summed E-state index contributed by atoms with van der Waals surface area (Å²) in [7, 11) is 0. The summed E-state index contributed by atoms with van der Waals surface area (Å²) in [4.78, 5) is 38.6. The third-order valence-corrected chi connectivity index (χ3v) is 8.92. The first-order chi connectivity index (χ1) is 23.5. The van der Waals surface area contributed by atoms with Crippen LogP contribution in [0, 0.1) is 17.7 Å². The summed E-state index contributed by atoms with van der Waals surface area (Å²) in [6.07, 6.45) is 0.330. The number of hydrogen-bond acceptors (Lipinski definition) is 10. The van der Waals surface area contributed by atoms with E-state index in [0.29, 0.717) is 66.1 Å². The third kappa shape index (κ3) is 8.89. The van der Waals surface area contributed by atoms with Crippen LogP contribution in [-0.2, 0) is 20.8 Å². The van der Waals surface area contributed by atoms with Gasteiger partial charge >= 0.3 is 12.2 Å². The molecule has 2 fully saturated rings. The smallest absolute Gasteiger partial charge is 0.411 e. The molecule has 2 aromatic heterocycles. The van der Waals surface area contributed by atoms with E-state index >= 15 is 0 Å². The van der Waals surface area contributed by atoms with Crippen molar-refractivity contribution >= 4 is 56.8 Å². The molecular formula is C35H35ClFN5O6S. The normalized spacial score (nSPS) is 17.7. The molecule has 1 unspecified atom stereocenters. The number of amides is 2. The highest BCUT2D eigenvalue weighted by Gasteiger charge is 2.39. The van der Waals surface area contributed by atoms with Crippen molar-refractivity contribution in [1.82, 2.24) is 19.8 Å². The molecule has 0 radical (unpaired) electrons. The van der Waals surface area contributed by atoms with Gasteiger partial charge in [-0.25, -0.2) is 23.9 Å². The topological polar surface area (TPSA) is 115 Å². The predicted octanol–water partition coefficient (Wildman–Crippen LogP) is 7.00. The van der Waals surface area contributed by atoms with E-state index in [1.165, 1.54) is 34.7 Å². The number of carbonyl (C=O) groups is 2. The molecule has 2 atom stereocenters. The molecule has 14 heteroatoms. The SMILES string of the molecule is CC(C)(C)OC(=O)N1CC(OC(=O)N2CCOCC2)C[C@H]1C#Cc1cc2ncnc(Nc3ccc(OCc4cccc(F)c4)c(Cl)c3)c2s1. The van der Waals surface area contributed by atoms with Crippen LogP contribution in [0.1, 0.15) is 37.6 Å². The number of thiophene rings is 1. The van der Waals surface area contributed by atoms with Crippen LogP contribution >= 0.6 is 22.9 Å². The molecule has 2 amide bonds. The molecular weight excluding hydrogens is 673 g/mol. The highest BCUT2D eigenvalue weighted by atomic mass is 35.5. The van der Waals surface area contributed by atoms with Gasteiger partial charge in [-0.15, -0.1) is 11.3 Å². The Morgan fingerprint density at radius 3 is 2.69 bits per heavy atom. The number of benzene rings is 2. The van der Waals surface area contributed by atoms with Gasteiger partial charge in [0.2, 0.25) is 0 Å². The predicted molar refractivity (Wildman–Crippen MR) is 184 cm³/mol. The minimum atomic E-state index is -0.703. The molecule has 4 aromatic rings. The van der Waals surface area contributed by atoms with Gasteiger partial charge in [0.05, 0.1) is 39.9 Å². The maximum atomic E-state index is 13.5. The average Bonchev–Trinajstić information content (AvgIpc) is 3.67. The van der Waals surface area contributed by atoms with Crippen LogP contribution in [0.5, 0.6) is 5.75 Å². The summed E-state index contributed by atoms with van der Waals surface area (Å²) in [6.45, 7) is 7.58. The lowest BCUT2D eigenvalue weighted by Gasteiger charge is -2.27. The first-order valence-electron chi connectivity index (χ1n) is 15.7. The number of halogens is 2. The van der Waals surface area contributed by atoms with E-state index in [9.17, 15) is 14.0 Å². The van der Waals surface area contributed by atoms with E-state index in [-0.39, 0.29) is 19.0 Å². The summed E-state index contributed by atoms with van der Waals surface area (Å²) in [5.41, 5.74) is 1.36. The van der Waals surface area contributed by atoms with Crippen molar-refractivity contribution in [2.75, 3.05) is 38.2 Å². The van der Waals surface area contributed by atoms with E-state index in [4.69, 9.17) is 30.5 Å². The molecule has 4 heterocycles. The van der Waals surface area contributed by atoms with Crippen LogP contribution < -0.4 is 10.1 Å². The molecule has 2 aliphatic heterocycles. The monoisotopic (exact) mass is 707 g/mol. The van der Waals surface area contributed by atoms with Gasteiger partial charge in [-0.05, 0) is 62.7 Å². The third-order valence-electron chi connectivity index (χ3n) is 7.58. The van der Waals surface area contributed by atoms with Crippen molar-refractivity contribution < 1.29 is 32.9 Å². The number of aromatic nitrogens is 2. The molecule has 2 aromatic carbocycles. The van der Waals surface area contributed by atoms with E-state index in [1.807, 2.05) is 12.1 Å². The highest BCUT2D eigenvalue weighted by Crippen LogP contribution is 2.34. The second-order valence-corrected chi connectivity index (χ2v) is 14.0. The second kappa shape index (κ2) is 14.9. The molecule has 2 saturated heterocycles. The number of ether oxygens (including phenoxy) is 4. The molecule has 256 valence electrons. The molecule has 0 spiro atoms. The van der Waals surface area contributed by atoms with Crippen molar-refractivity contribution in [2.45, 2.75) is 51.5 Å². The second-order valence-electron chi connectivity index (χ2n) is 12.5. The van der Waals surface area contributed by atoms with Gasteiger partial charge in [-0.1, -0.05) is 35.6 Å². The Labute approximate surface area is 292 Å². The lowest BCUT2D eigenvalue weighted by atomic mass is 10.2. The van der Waals surface area contributed by atoms with Gasteiger partial charge in [0.15, 0.2) is 5.82 Å². The molecule has 6 rings (SSSR count). The summed E-state index contributed by atoms with van der Waals surface area (Å²) in [5, 5.41) is 3.67. The number of fused-ring (bicyclic) bond motifs is 1. The van der Waals surface area contributed by atoms with Gasteiger partial charge < -0.3 is 29.2 Å². The lowest BCUT2D eigenvalue weighted by Crippen LogP contribution is -2.43. The van der Waals surface area contributed by atoms with Gasteiger partial charge in [0, 0.05) is 25.2 Å². The highest BCUT2D eigenvalue weighted by molar-refractivity contribution is 7.20. The van der Waals surface area contributed by atoms with Crippen molar-refractivity contribution in [1.29, 1.82) is 0 Å². The summed E-state index contributed by atoms with van der Waals surface area (Å²) >= 11 is 7.91. The number of nitrogens with zero attached hydrogens (tertiary/aromatic N) is 4. The Morgan fingerprint density at radius 2 is 1.94 bits per heavy atom. The largest absolute Gasteiger partial charge is 0.487 e. The maximum Gasteiger partial charge on any atom is 0.411 e. The number of rotatable bonds is 6. The lowest BCUT2D eigenvalue weighted by molar-refractivity contribution is 0.00952. The molecule has 11 nitrogen and oxygen atoms in total. The van der Waals surface area contributed by atoms with Crippen molar-refractivity contribution in [3.63, 3.8) is 0 Å². The van der Waals surface area contributed by atoms with Crippen molar-refractivity contribution in [3.05, 3.63) is 76.1 Å². The molecule has 0 aliphatic carbocycles. The number of morpholine rings is 1. The van der Waals surface area contributed by atoms with Gasteiger partial charge in [0.1, 0.15) is 42.2 Å². The zero-order chi connectivity index (χ0) is 34.5. The van der Waals surface area contributed by atoms with Crippen LogP contribution in [0.25, 0.3) is 10.2 Å². The first-order valence-corrected chi connectivity index (χ1v) is 16.9. The summed E-state index contributed by atoms with van der Waals surface area (Å²) in [5.74, 6) is 7.10. The van der Waals surface area contributed by atoms with Gasteiger partial charge in [0.25, 0.3) is 0 Å². The first kappa shape index (κ1) is 34.2. The fourth-order valence-electron chi connectivity index (χ4n) is 5.28. The number of hydrogen-bond donors (Lipinski definition) is 1. The zero-order valence-electron chi connectivity index (χ0n) is 27.2. The van der Waals surface area contributed by atoms with E-state index in [2.05, 4.69) is 27.1 Å². The molecule has 0 saturated carbocycles. The van der Waals surface area contributed by atoms with E-state index in [0.717, 1.165) is 9.58 Å². The minimum absolute atomic E-state index is 0.173. The van der Waals surface area contributed by atoms with Gasteiger partial charge in [-0.3, -0.25) is 4.90 Å². The maximum absolute atomic E-state index is 13.5. The molecule has 1 N–H and O–H groups in total. The Kier molecular flexibility index (Phi) is 10.4. The number of likely N-dealkylation sites (tertiary alicyclic amines) is 1. The van der Waals surface area contributed by atoms with Crippen LogP contribution in [0.15, 0.2) is 54.9 Å². The fourth-order valence-corrected chi connectivity index (χ4v) is 6.44. The standard InChI is InChI=1S/C35H35ClFN5O6S/c1-35(2,3)48-34(44)42-19-26(47-33(43)41-11-13-45-14-12-41)17-25(42)8-9-27-18-29-31(49-27)32(39-21-38-29)40-24-7-10-30(28(36)16-24)46-20-22-5-4-6-23(37)15-22/h4-7,10,15-16,18,21,25-26H,11-14,17,19-20H2,1-3H3,(H,38,39,40)/t25-,26?/m1/s1. The number of anilines is 2. The zero-order valence-corrected chi connectivity index (χ0v) is 28.8. The Hall–Kier alpha value is -4.64. The van der Waals surface area contributed by atoms with Crippen LogP contribution in [0.3, 0.4) is 0 Å². The number of nitrogens with one attached hydrogen (secondary N) is 1. The quantitative estimate of drug-likeness (QED) is 0.212. The van der Waals surface area contributed by atoms with Crippen LogP contribution in [0.2, 0.25) is 5.02 Å². The van der Waals surface area contributed by atoms with Crippen molar-refractivity contribution in [3.8, 4) is 17.6 Å². The van der Waals surface area contributed by atoms with Crippen LogP contribution in [-0.4, -0.2) is 82.5 Å². The van der Waals surface area contributed by atoms with Crippen LogP contribution in [0.4, 0.5) is 25.5 Å². The van der Waals surface area contributed by atoms with E-state index in [1.54, 1.807) is 49.9 Å². The molecule has 0 bridgehead atoms. The molecule has 49 heavy (non-hydrogen) atoms. The van der Waals surface area contributed by atoms with Crippen molar-refractivity contribution in [2.24, 2.45) is 0 Å². The van der Waals surface area contributed by atoms with Gasteiger partial charge in [-0.2, -0.15) is 0 Å². The Morgan fingerprint density at radius 1 is 1.12 bits per heavy atom. The summed E-state index contributed by atoms with van der Waals surface area (Å²) < 4.78 is 36.8. The number of carbonyl (C=O) groups excluding carboxylic acids is 2. The Balaban J connectivity index is 1.16. The van der Waals surface area contributed by atoms with E-state index < -0.39 is 29.9 Å². The molecule has 2 aliphatic rings. The minimum Gasteiger partial charge on any atom is -0.487 e. The Bertz CT molecular complexity index is 1900. The average molecular weight is 708 g/mol.